The van der Waals surface area contributed by atoms with Gasteiger partial charge in [0, 0.05) is 11.8 Å². The van der Waals surface area contributed by atoms with E-state index in [9.17, 15) is 5.11 Å². The molecule has 2 nitrogen and oxygen atoms in total. The molecule has 0 saturated heterocycles. The van der Waals surface area contributed by atoms with Gasteiger partial charge < -0.3 is 9.84 Å². The van der Waals surface area contributed by atoms with E-state index in [0.29, 0.717) is 23.7 Å². The van der Waals surface area contributed by atoms with Crippen molar-refractivity contribution >= 4 is 0 Å². The van der Waals surface area contributed by atoms with Crippen molar-refractivity contribution in [3.05, 3.63) is 23.0 Å². The van der Waals surface area contributed by atoms with Gasteiger partial charge in [0.25, 0.3) is 0 Å². The fourth-order valence-electron chi connectivity index (χ4n) is 6.71. The Morgan fingerprint density at radius 1 is 1.33 bits per heavy atom. The van der Waals surface area contributed by atoms with Gasteiger partial charge in [-0.15, -0.1) is 6.42 Å². The number of rotatable bonds is 1. The van der Waals surface area contributed by atoms with Gasteiger partial charge in [0.2, 0.25) is 0 Å². The molecule has 2 heteroatoms. The highest BCUT2D eigenvalue weighted by Gasteiger charge is 2.62. The summed E-state index contributed by atoms with van der Waals surface area (Å²) in [5.41, 5.74) is 2.33. The number of hydrogen-bond donors (Lipinski definition) is 1. The molecule has 0 heterocycles. The molecular weight excluding hydrogens is 296 g/mol. The minimum Gasteiger partial charge on any atom is -0.501 e. The van der Waals surface area contributed by atoms with Gasteiger partial charge in [0.1, 0.15) is 5.60 Å². The summed E-state index contributed by atoms with van der Waals surface area (Å²) in [5, 5.41) is 11.1. The van der Waals surface area contributed by atoms with Gasteiger partial charge >= 0.3 is 0 Å². The molecule has 0 radical (unpaired) electrons. The van der Waals surface area contributed by atoms with E-state index >= 15 is 0 Å². The van der Waals surface area contributed by atoms with Gasteiger partial charge in [0.15, 0.2) is 0 Å². The Morgan fingerprint density at radius 3 is 2.83 bits per heavy atom. The van der Waals surface area contributed by atoms with Crippen LogP contribution in [0.1, 0.15) is 58.8 Å². The van der Waals surface area contributed by atoms with Crippen molar-refractivity contribution in [2.75, 3.05) is 7.11 Å². The van der Waals surface area contributed by atoms with E-state index in [1.165, 1.54) is 12.8 Å². The van der Waals surface area contributed by atoms with Gasteiger partial charge in [-0.2, -0.15) is 0 Å². The molecule has 0 spiro atoms. The number of ether oxygens (including phenoxy) is 1. The standard InChI is InChI=1S/C22H30O2/c1-5-22(23)11-9-19-20-14(2)12-15-13-16(24-4)6-7-17(15)18(20)8-10-21(19,22)3/h1,6,14,18-20,23H,7-13H2,2-4H3/t14-,18+,19-,20+,21-,22-/m0/s1. The Bertz CT molecular complexity index is 651. The molecule has 0 aromatic heterocycles. The summed E-state index contributed by atoms with van der Waals surface area (Å²) in [5.74, 6) is 6.53. The number of aliphatic hydroxyl groups is 1. The highest BCUT2D eigenvalue weighted by molar-refractivity contribution is 5.34. The molecule has 0 unspecified atom stereocenters. The second kappa shape index (κ2) is 5.40. The SMILES string of the molecule is C#C[C@]1(O)CC[C@H]2[C@H]3[C@H](CC[C@@]21C)C1=C(CC(OC)=CC1)C[C@@H]3C. The van der Waals surface area contributed by atoms with Crippen LogP contribution in [0.3, 0.4) is 0 Å². The molecule has 4 rings (SSSR count). The lowest BCUT2D eigenvalue weighted by Crippen LogP contribution is -2.52. The minimum absolute atomic E-state index is 0.0998. The van der Waals surface area contributed by atoms with E-state index in [0.717, 1.165) is 37.9 Å². The summed E-state index contributed by atoms with van der Waals surface area (Å²) in [4.78, 5) is 0. The van der Waals surface area contributed by atoms with Crippen LogP contribution in [-0.2, 0) is 4.74 Å². The Labute approximate surface area is 146 Å². The average molecular weight is 326 g/mol. The molecule has 4 aliphatic rings. The van der Waals surface area contributed by atoms with Crippen molar-refractivity contribution in [1.29, 1.82) is 0 Å². The largest absolute Gasteiger partial charge is 0.501 e. The second-order valence-corrected chi connectivity index (χ2v) is 8.86. The van der Waals surface area contributed by atoms with Crippen LogP contribution in [0.2, 0.25) is 0 Å². The van der Waals surface area contributed by atoms with Crippen LogP contribution in [0.5, 0.6) is 0 Å². The molecule has 0 aromatic carbocycles. The average Bonchev–Trinajstić information content (AvgIpc) is 2.86. The first-order valence-corrected chi connectivity index (χ1v) is 9.57. The Morgan fingerprint density at radius 2 is 2.12 bits per heavy atom. The van der Waals surface area contributed by atoms with Crippen LogP contribution >= 0.6 is 0 Å². The molecule has 130 valence electrons. The highest BCUT2D eigenvalue weighted by Crippen LogP contribution is 2.65. The molecule has 0 aliphatic heterocycles. The van der Waals surface area contributed by atoms with Crippen molar-refractivity contribution in [3.63, 3.8) is 0 Å². The first-order valence-electron chi connectivity index (χ1n) is 9.57. The maximum absolute atomic E-state index is 11.1. The van der Waals surface area contributed by atoms with Crippen molar-refractivity contribution < 1.29 is 9.84 Å². The third-order valence-electron chi connectivity index (χ3n) is 8.05. The molecule has 0 bridgehead atoms. The number of methoxy groups -OCH3 is 1. The first-order chi connectivity index (χ1) is 11.4. The van der Waals surface area contributed by atoms with Gasteiger partial charge in [-0.3, -0.25) is 0 Å². The lowest BCUT2D eigenvalue weighted by atomic mass is 9.50. The van der Waals surface area contributed by atoms with Crippen LogP contribution in [-0.4, -0.2) is 17.8 Å². The molecule has 1 N–H and O–H groups in total. The van der Waals surface area contributed by atoms with Crippen LogP contribution in [0, 0.1) is 41.4 Å². The molecule has 4 aliphatic carbocycles. The molecule has 0 amide bonds. The van der Waals surface area contributed by atoms with E-state index < -0.39 is 5.60 Å². The molecule has 2 fully saturated rings. The molecule has 0 aromatic rings. The lowest BCUT2D eigenvalue weighted by Gasteiger charge is -2.55. The van der Waals surface area contributed by atoms with Crippen molar-refractivity contribution in [2.24, 2.45) is 29.1 Å². The van der Waals surface area contributed by atoms with Crippen molar-refractivity contribution in [3.8, 4) is 12.3 Å². The van der Waals surface area contributed by atoms with Crippen LogP contribution in [0.4, 0.5) is 0 Å². The van der Waals surface area contributed by atoms with E-state index in [-0.39, 0.29) is 5.41 Å². The summed E-state index contributed by atoms with van der Waals surface area (Å²) in [6.45, 7) is 4.69. The molecule has 2 saturated carbocycles. The number of hydrogen-bond acceptors (Lipinski definition) is 2. The summed E-state index contributed by atoms with van der Waals surface area (Å²) >= 11 is 0. The maximum atomic E-state index is 11.1. The van der Waals surface area contributed by atoms with Gasteiger partial charge in [-0.1, -0.05) is 30.9 Å². The number of fused-ring (bicyclic) bond motifs is 4. The molecular formula is C22H30O2. The molecule has 6 atom stereocenters. The summed E-state index contributed by atoms with van der Waals surface area (Å²) in [7, 11) is 1.79. The second-order valence-electron chi connectivity index (χ2n) is 8.86. The van der Waals surface area contributed by atoms with E-state index in [1.807, 2.05) is 0 Å². The van der Waals surface area contributed by atoms with Gasteiger partial charge in [-0.25, -0.2) is 0 Å². The minimum atomic E-state index is -0.896. The quantitative estimate of drug-likeness (QED) is 0.570. The normalized spacial score (nSPS) is 47.2. The number of allylic oxidation sites excluding steroid dienone is 3. The van der Waals surface area contributed by atoms with Gasteiger partial charge in [0.05, 0.1) is 12.9 Å². The fraction of sp³-hybridized carbons (Fsp3) is 0.727. The van der Waals surface area contributed by atoms with Crippen LogP contribution in [0.25, 0.3) is 0 Å². The predicted molar refractivity (Wildman–Crippen MR) is 96.0 cm³/mol. The third-order valence-corrected chi connectivity index (χ3v) is 8.05. The summed E-state index contributed by atoms with van der Waals surface area (Å²) in [6, 6.07) is 0. The third kappa shape index (κ3) is 2.00. The van der Waals surface area contributed by atoms with Crippen LogP contribution < -0.4 is 0 Å². The zero-order chi connectivity index (χ0) is 17.1. The van der Waals surface area contributed by atoms with Crippen molar-refractivity contribution in [1.82, 2.24) is 0 Å². The Hall–Kier alpha value is -1.20. The fourth-order valence-corrected chi connectivity index (χ4v) is 6.71. The topological polar surface area (TPSA) is 29.5 Å². The summed E-state index contributed by atoms with van der Waals surface area (Å²) in [6.07, 6.45) is 15.4. The smallest absolute Gasteiger partial charge is 0.130 e. The van der Waals surface area contributed by atoms with Gasteiger partial charge in [-0.05, 0) is 68.3 Å². The monoisotopic (exact) mass is 326 g/mol. The number of terminal acetylenes is 1. The zero-order valence-electron chi connectivity index (χ0n) is 15.3. The Kier molecular flexibility index (Phi) is 3.66. The first kappa shape index (κ1) is 16.3. The predicted octanol–water partition coefficient (Wildman–Crippen LogP) is 4.45. The maximum Gasteiger partial charge on any atom is 0.130 e. The zero-order valence-corrected chi connectivity index (χ0v) is 15.3. The molecule has 24 heavy (non-hydrogen) atoms. The lowest BCUT2D eigenvalue weighted by molar-refractivity contribution is -0.0803. The Balaban J connectivity index is 1.68. The van der Waals surface area contributed by atoms with Crippen molar-refractivity contribution in [2.45, 2.75) is 64.4 Å². The van der Waals surface area contributed by atoms with E-state index in [4.69, 9.17) is 11.2 Å². The van der Waals surface area contributed by atoms with Crippen LogP contribution in [0.15, 0.2) is 23.0 Å². The highest BCUT2D eigenvalue weighted by atomic mass is 16.5. The van der Waals surface area contributed by atoms with E-state index in [1.54, 1.807) is 18.3 Å². The summed E-state index contributed by atoms with van der Waals surface area (Å²) < 4.78 is 5.51. The van der Waals surface area contributed by atoms with E-state index in [2.05, 4.69) is 25.8 Å².